The topological polar surface area (TPSA) is 51.2 Å². The average molecular weight is 359 g/mol. The number of benzene rings is 2. The maximum Gasteiger partial charge on any atom is 0.412 e. The van der Waals surface area contributed by atoms with Gasteiger partial charge in [-0.3, -0.25) is 5.32 Å². The summed E-state index contributed by atoms with van der Waals surface area (Å²) in [5, 5.41) is 4.90. The fraction of sp³-hybridized carbons (Fsp3) is 0.111. The molecule has 4 nitrogen and oxygen atoms in total. The van der Waals surface area contributed by atoms with Crippen molar-refractivity contribution in [1.29, 1.82) is 0 Å². The highest BCUT2D eigenvalue weighted by Crippen LogP contribution is 2.38. The molecule has 1 heterocycles. The molecule has 24 heavy (non-hydrogen) atoms. The molecule has 2 aromatic carbocycles. The lowest BCUT2D eigenvalue weighted by Crippen LogP contribution is -2.12. The molecule has 0 saturated heterocycles. The molecule has 122 valence electrons. The number of nitrogens with zero attached hydrogens (tertiary/aromatic N) is 1. The molecule has 1 amide bonds. The summed E-state index contributed by atoms with van der Waals surface area (Å²) in [5.74, 6) is 0. The molecule has 3 aromatic rings. The van der Waals surface area contributed by atoms with Gasteiger partial charge in [-0.15, -0.1) is 0 Å². The van der Waals surface area contributed by atoms with E-state index in [0.29, 0.717) is 22.3 Å². The minimum atomic E-state index is -0.490. The predicted molar refractivity (Wildman–Crippen MR) is 98.6 cm³/mol. The minimum absolute atomic E-state index is 0.312. The minimum Gasteiger partial charge on any atom is -0.450 e. The zero-order valence-electron chi connectivity index (χ0n) is 13.0. The molecule has 0 bridgehead atoms. The highest BCUT2D eigenvalue weighted by molar-refractivity contribution is 7.19. The maximum atomic E-state index is 11.8. The number of hydrogen-bond acceptors (Lipinski definition) is 4. The highest BCUT2D eigenvalue weighted by Gasteiger charge is 2.17. The van der Waals surface area contributed by atoms with Gasteiger partial charge < -0.3 is 4.74 Å². The number of rotatable bonds is 4. The van der Waals surface area contributed by atoms with Crippen LogP contribution < -0.4 is 5.32 Å². The van der Waals surface area contributed by atoms with Gasteiger partial charge in [-0.2, -0.15) is 0 Å². The Morgan fingerprint density at radius 2 is 1.83 bits per heavy atom. The van der Waals surface area contributed by atoms with Crippen LogP contribution in [0.4, 0.5) is 9.80 Å². The van der Waals surface area contributed by atoms with E-state index in [-0.39, 0.29) is 0 Å². The predicted octanol–water partition coefficient (Wildman–Crippen LogP) is 5.70. The zero-order chi connectivity index (χ0) is 16.9. The summed E-state index contributed by atoms with van der Waals surface area (Å²) in [4.78, 5) is 16.5. The van der Waals surface area contributed by atoms with E-state index in [0.717, 1.165) is 16.1 Å². The van der Waals surface area contributed by atoms with Crippen LogP contribution in [0.1, 0.15) is 6.92 Å². The van der Waals surface area contributed by atoms with Crippen molar-refractivity contribution in [1.82, 2.24) is 4.98 Å². The number of anilines is 1. The van der Waals surface area contributed by atoms with Crippen LogP contribution in [-0.4, -0.2) is 17.7 Å². The van der Waals surface area contributed by atoms with Crippen LogP contribution in [0.25, 0.3) is 21.8 Å². The van der Waals surface area contributed by atoms with Gasteiger partial charge >= 0.3 is 6.09 Å². The first kappa shape index (κ1) is 16.5. The number of halogens is 1. The number of aromatic nitrogens is 1. The van der Waals surface area contributed by atoms with Gasteiger partial charge in [0.25, 0.3) is 0 Å². The van der Waals surface area contributed by atoms with E-state index in [9.17, 15) is 4.79 Å². The third kappa shape index (κ3) is 3.75. The van der Waals surface area contributed by atoms with Crippen molar-refractivity contribution in [3.05, 3.63) is 59.6 Å². The van der Waals surface area contributed by atoms with Crippen LogP contribution in [-0.2, 0) is 4.74 Å². The number of ether oxygens (including phenoxy) is 1. The van der Waals surface area contributed by atoms with Gasteiger partial charge in [-0.25, -0.2) is 9.78 Å². The summed E-state index contributed by atoms with van der Waals surface area (Å²) in [6.45, 7) is 2.08. The van der Waals surface area contributed by atoms with Crippen LogP contribution >= 0.6 is 22.9 Å². The highest BCUT2D eigenvalue weighted by atomic mass is 35.5. The van der Waals surface area contributed by atoms with Gasteiger partial charge in [0, 0.05) is 16.1 Å². The second kappa shape index (κ2) is 7.47. The summed E-state index contributed by atoms with van der Waals surface area (Å²) in [6, 6.07) is 17.2. The van der Waals surface area contributed by atoms with Crippen LogP contribution in [0.15, 0.2) is 54.6 Å². The van der Waals surface area contributed by atoms with Crippen molar-refractivity contribution >= 4 is 34.0 Å². The van der Waals surface area contributed by atoms with E-state index in [1.165, 1.54) is 11.3 Å². The van der Waals surface area contributed by atoms with E-state index < -0.39 is 6.09 Å². The fourth-order valence-electron chi connectivity index (χ4n) is 2.17. The third-order valence-corrected chi connectivity index (χ3v) is 4.53. The Morgan fingerprint density at radius 3 is 2.50 bits per heavy atom. The molecule has 0 fully saturated rings. The zero-order valence-corrected chi connectivity index (χ0v) is 14.5. The Labute approximate surface area is 149 Å². The molecule has 0 unspecified atom stereocenters. The summed E-state index contributed by atoms with van der Waals surface area (Å²) in [7, 11) is 0. The van der Waals surface area contributed by atoms with Gasteiger partial charge in [0.2, 0.25) is 0 Å². The number of hydrogen-bond donors (Lipinski definition) is 1. The molecule has 1 aromatic heterocycles. The molecular formula is C18H15ClN2O2S. The number of carbonyl (C=O) groups excluding carboxylic acids is 1. The first-order chi connectivity index (χ1) is 11.7. The molecule has 6 heteroatoms. The lowest BCUT2D eigenvalue weighted by molar-refractivity contribution is 0.168. The summed E-state index contributed by atoms with van der Waals surface area (Å²) < 4.78 is 4.98. The Balaban J connectivity index is 2.02. The van der Waals surface area contributed by atoms with E-state index >= 15 is 0 Å². The van der Waals surface area contributed by atoms with E-state index in [1.54, 1.807) is 19.1 Å². The third-order valence-electron chi connectivity index (χ3n) is 3.26. The second-order valence-electron chi connectivity index (χ2n) is 4.92. The lowest BCUT2D eigenvalue weighted by Gasteiger charge is -2.05. The molecule has 1 N–H and O–H groups in total. The molecule has 0 atom stereocenters. The first-order valence-electron chi connectivity index (χ1n) is 7.43. The van der Waals surface area contributed by atoms with Gasteiger partial charge in [0.05, 0.1) is 6.61 Å². The molecule has 0 aliphatic carbocycles. The number of carbonyl (C=O) groups is 1. The van der Waals surface area contributed by atoms with Crippen molar-refractivity contribution in [3.63, 3.8) is 0 Å². The molecule has 0 aliphatic heterocycles. The van der Waals surface area contributed by atoms with E-state index in [2.05, 4.69) is 5.32 Å². The van der Waals surface area contributed by atoms with Gasteiger partial charge in [-0.1, -0.05) is 65.4 Å². The maximum absolute atomic E-state index is 11.8. The van der Waals surface area contributed by atoms with Crippen LogP contribution in [0.3, 0.4) is 0 Å². The van der Waals surface area contributed by atoms with Gasteiger partial charge in [-0.05, 0) is 19.1 Å². The Hall–Kier alpha value is -2.37. The number of thiazole rings is 1. The van der Waals surface area contributed by atoms with Crippen molar-refractivity contribution in [2.75, 3.05) is 11.9 Å². The second-order valence-corrected chi connectivity index (χ2v) is 6.35. The average Bonchev–Trinajstić information content (AvgIpc) is 3.00. The van der Waals surface area contributed by atoms with E-state index in [4.69, 9.17) is 21.3 Å². The molecule has 0 saturated carbocycles. The SMILES string of the molecule is CCOC(=O)Nc1sc(-c2ccccc2)nc1-c1ccc(Cl)cc1. The van der Waals surface area contributed by atoms with Crippen molar-refractivity contribution in [2.45, 2.75) is 6.92 Å². The monoisotopic (exact) mass is 358 g/mol. The normalized spacial score (nSPS) is 10.4. The molecule has 0 radical (unpaired) electrons. The summed E-state index contributed by atoms with van der Waals surface area (Å²) >= 11 is 7.37. The van der Waals surface area contributed by atoms with Crippen molar-refractivity contribution < 1.29 is 9.53 Å². The van der Waals surface area contributed by atoms with E-state index in [1.807, 2.05) is 42.5 Å². The molecular weight excluding hydrogens is 344 g/mol. The Bertz CT molecular complexity index is 832. The smallest absolute Gasteiger partial charge is 0.412 e. The summed E-state index contributed by atoms with van der Waals surface area (Å²) in [6.07, 6.45) is -0.490. The molecule has 3 rings (SSSR count). The fourth-order valence-corrected chi connectivity index (χ4v) is 3.28. The standard InChI is InChI=1S/C18H15ClN2O2S/c1-2-23-18(22)21-17-15(12-8-10-14(19)11-9-12)20-16(24-17)13-6-4-3-5-7-13/h3-11H,2H2,1H3,(H,21,22). The van der Waals surface area contributed by atoms with Crippen molar-refractivity contribution in [2.24, 2.45) is 0 Å². The Morgan fingerprint density at radius 1 is 1.12 bits per heavy atom. The first-order valence-corrected chi connectivity index (χ1v) is 8.62. The molecule has 0 aliphatic rings. The van der Waals surface area contributed by atoms with Crippen LogP contribution in [0, 0.1) is 0 Å². The van der Waals surface area contributed by atoms with Crippen molar-refractivity contribution in [3.8, 4) is 21.8 Å². The van der Waals surface area contributed by atoms with Gasteiger partial charge in [0.1, 0.15) is 15.7 Å². The largest absolute Gasteiger partial charge is 0.450 e. The number of amides is 1. The van der Waals surface area contributed by atoms with Gasteiger partial charge in [0.15, 0.2) is 0 Å². The van der Waals surface area contributed by atoms with Crippen LogP contribution in [0.2, 0.25) is 5.02 Å². The Kier molecular flexibility index (Phi) is 5.13. The number of nitrogens with one attached hydrogen (secondary N) is 1. The van der Waals surface area contributed by atoms with Crippen LogP contribution in [0.5, 0.6) is 0 Å². The lowest BCUT2D eigenvalue weighted by atomic mass is 10.1. The quantitative estimate of drug-likeness (QED) is 0.650. The molecule has 0 spiro atoms. The summed E-state index contributed by atoms with van der Waals surface area (Å²) in [5.41, 5.74) is 2.57.